The van der Waals surface area contributed by atoms with Gasteiger partial charge in [-0.3, -0.25) is 19.9 Å². The minimum Gasteiger partial charge on any atom is -0.320 e. The summed E-state index contributed by atoms with van der Waals surface area (Å²) in [6.45, 7) is 0. The lowest BCUT2D eigenvalue weighted by molar-refractivity contribution is -0.387. The van der Waals surface area contributed by atoms with E-state index < -0.39 is 22.3 Å². The molecule has 0 saturated carbocycles. The molecular weight excluding hydrogens is 303 g/mol. The standard InChI is InChI=1S/C15H9FN4O3/c16-10-6-5-9(7-14(10)20(22)23)18-15(21)13-8-17-11-3-1-2-4-12(11)19-13/h1-8H,(H,18,21). The number of hydrogen-bond donors (Lipinski definition) is 1. The van der Waals surface area contributed by atoms with Gasteiger partial charge in [0.25, 0.3) is 5.91 Å². The van der Waals surface area contributed by atoms with Gasteiger partial charge in [0.2, 0.25) is 5.82 Å². The number of para-hydroxylation sites is 2. The van der Waals surface area contributed by atoms with E-state index in [9.17, 15) is 19.3 Å². The van der Waals surface area contributed by atoms with Gasteiger partial charge in [-0.15, -0.1) is 0 Å². The Morgan fingerprint density at radius 3 is 2.65 bits per heavy atom. The van der Waals surface area contributed by atoms with Gasteiger partial charge in [-0.05, 0) is 24.3 Å². The van der Waals surface area contributed by atoms with Crippen LogP contribution in [0.2, 0.25) is 0 Å². The first-order chi connectivity index (χ1) is 11.0. The lowest BCUT2D eigenvalue weighted by Gasteiger charge is -2.05. The average Bonchev–Trinajstić information content (AvgIpc) is 2.55. The molecule has 1 aromatic heterocycles. The van der Waals surface area contributed by atoms with Gasteiger partial charge in [-0.2, -0.15) is 4.39 Å². The fraction of sp³-hybridized carbons (Fsp3) is 0. The quantitative estimate of drug-likeness (QED) is 0.592. The number of nitro benzene ring substituents is 1. The lowest BCUT2D eigenvalue weighted by atomic mass is 10.2. The normalized spacial score (nSPS) is 10.5. The second kappa shape index (κ2) is 5.76. The van der Waals surface area contributed by atoms with Gasteiger partial charge >= 0.3 is 5.69 Å². The van der Waals surface area contributed by atoms with E-state index in [4.69, 9.17) is 0 Å². The topological polar surface area (TPSA) is 98.0 Å². The Bertz CT molecular complexity index is 929. The van der Waals surface area contributed by atoms with Crippen molar-refractivity contribution in [3.05, 3.63) is 70.3 Å². The monoisotopic (exact) mass is 312 g/mol. The molecule has 1 heterocycles. The Hall–Kier alpha value is -3.42. The maximum atomic E-state index is 13.3. The molecule has 0 bridgehead atoms. The molecule has 23 heavy (non-hydrogen) atoms. The molecule has 0 aliphatic carbocycles. The van der Waals surface area contributed by atoms with Crippen LogP contribution in [-0.4, -0.2) is 20.8 Å². The van der Waals surface area contributed by atoms with Crippen molar-refractivity contribution in [2.75, 3.05) is 5.32 Å². The second-order valence-electron chi connectivity index (χ2n) is 4.62. The smallest absolute Gasteiger partial charge is 0.306 e. The van der Waals surface area contributed by atoms with Crippen LogP contribution < -0.4 is 5.32 Å². The predicted octanol–water partition coefficient (Wildman–Crippen LogP) is 2.93. The van der Waals surface area contributed by atoms with E-state index in [1.165, 1.54) is 12.3 Å². The number of hydrogen-bond acceptors (Lipinski definition) is 5. The molecule has 0 saturated heterocycles. The number of benzene rings is 2. The van der Waals surface area contributed by atoms with Crippen LogP contribution in [0.25, 0.3) is 11.0 Å². The predicted molar refractivity (Wildman–Crippen MR) is 80.5 cm³/mol. The fourth-order valence-corrected chi connectivity index (χ4v) is 1.99. The van der Waals surface area contributed by atoms with Crippen molar-refractivity contribution in [3.8, 4) is 0 Å². The zero-order chi connectivity index (χ0) is 16.4. The molecule has 7 nitrogen and oxygen atoms in total. The molecule has 8 heteroatoms. The molecule has 0 radical (unpaired) electrons. The van der Waals surface area contributed by atoms with Crippen LogP contribution in [0.5, 0.6) is 0 Å². The highest BCUT2D eigenvalue weighted by Gasteiger charge is 2.16. The second-order valence-corrected chi connectivity index (χ2v) is 4.62. The number of rotatable bonds is 3. The summed E-state index contributed by atoms with van der Waals surface area (Å²) in [5.74, 6) is -1.57. The molecule has 1 amide bonds. The number of halogens is 1. The third-order valence-electron chi connectivity index (χ3n) is 3.08. The number of carbonyl (C=O) groups is 1. The van der Waals surface area contributed by atoms with E-state index >= 15 is 0 Å². The van der Waals surface area contributed by atoms with E-state index in [-0.39, 0.29) is 11.4 Å². The first-order valence-electron chi connectivity index (χ1n) is 6.51. The van der Waals surface area contributed by atoms with Crippen molar-refractivity contribution in [1.82, 2.24) is 9.97 Å². The number of nitrogens with one attached hydrogen (secondary N) is 1. The first-order valence-corrected chi connectivity index (χ1v) is 6.51. The van der Waals surface area contributed by atoms with Gasteiger partial charge < -0.3 is 5.32 Å². The SMILES string of the molecule is O=C(Nc1ccc(F)c([N+](=O)[O-])c1)c1cnc2ccccc2n1. The van der Waals surface area contributed by atoms with Crippen LogP contribution in [-0.2, 0) is 0 Å². The summed E-state index contributed by atoms with van der Waals surface area (Å²) in [6, 6.07) is 10.1. The number of nitrogens with zero attached hydrogens (tertiary/aromatic N) is 3. The molecule has 2 aromatic carbocycles. The van der Waals surface area contributed by atoms with Crippen LogP contribution in [0, 0.1) is 15.9 Å². The molecular formula is C15H9FN4O3. The highest BCUT2D eigenvalue weighted by molar-refractivity contribution is 6.03. The number of amides is 1. The molecule has 0 aliphatic rings. The summed E-state index contributed by atoms with van der Waals surface area (Å²) in [7, 11) is 0. The Balaban J connectivity index is 1.88. The van der Waals surface area contributed by atoms with E-state index in [1.54, 1.807) is 24.3 Å². The number of nitro groups is 1. The van der Waals surface area contributed by atoms with E-state index in [0.29, 0.717) is 11.0 Å². The van der Waals surface area contributed by atoms with Crippen molar-refractivity contribution in [3.63, 3.8) is 0 Å². The minimum atomic E-state index is -0.974. The molecule has 0 atom stereocenters. The maximum absolute atomic E-state index is 13.3. The minimum absolute atomic E-state index is 0.0516. The number of aromatic nitrogens is 2. The fourth-order valence-electron chi connectivity index (χ4n) is 1.99. The Morgan fingerprint density at radius 1 is 1.17 bits per heavy atom. The van der Waals surface area contributed by atoms with Crippen molar-refractivity contribution in [2.24, 2.45) is 0 Å². The summed E-state index contributed by atoms with van der Waals surface area (Å²) in [5.41, 5.74) is 0.618. The third-order valence-corrected chi connectivity index (χ3v) is 3.08. The van der Waals surface area contributed by atoms with Gasteiger partial charge in [0.05, 0.1) is 22.2 Å². The largest absolute Gasteiger partial charge is 0.320 e. The van der Waals surface area contributed by atoms with Crippen molar-refractivity contribution in [1.29, 1.82) is 0 Å². The number of carbonyl (C=O) groups excluding carboxylic acids is 1. The summed E-state index contributed by atoms with van der Waals surface area (Å²) in [5, 5.41) is 13.1. The molecule has 0 unspecified atom stereocenters. The number of anilines is 1. The Labute approximate surface area is 129 Å². The van der Waals surface area contributed by atoms with E-state index in [1.807, 2.05) is 0 Å². The van der Waals surface area contributed by atoms with Gasteiger partial charge in [-0.25, -0.2) is 4.98 Å². The van der Waals surface area contributed by atoms with E-state index in [2.05, 4.69) is 15.3 Å². The highest BCUT2D eigenvalue weighted by atomic mass is 19.1. The summed E-state index contributed by atoms with van der Waals surface area (Å²) in [6.07, 6.45) is 1.30. The zero-order valence-electron chi connectivity index (χ0n) is 11.6. The van der Waals surface area contributed by atoms with Crippen molar-refractivity contribution >= 4 is 28.3 Å². The first kappa shape index (κ1) is 14.5. The van der Waals surface area contributed by atoms with Gasteiger partial charge in [0, 0.05) is 11.8 Å². The van der Waals surface area contributed by atoms with Gasteiger partial charge in [0.1, 0.15) is 5.69 Å². The van der Waals surface area contributed by atoms with Crippen LogP contribution in [0.4, 0.5) is 15.8 Å². The third kappa shape index (κ3) is 2.95. The van der Waals surface area contributed by atoms with Gasteiger partial charge in [0.15, 0.2) is 0 Å². The van der Waals surface area contributed by atoms with E-state index in [0.717, 1.165) is 12.1 Å². The Morgan fingerprint density at radius 2 is 1.91 bits per heavy atom. The van der Waals surface area contributed by atoms with Crippen molar-refractivity contribution < 1.29 is 14.1 Å². The molecule has 1 N–H and O–H groups in total. The molecule has 0 aliphatic heterocycles. The summed E-state index contributed by atoms with van der Waals surface area (Å²) in [4.78, 5) is 30.3. The average molecular weight is 312 g/mol. The Kier molecular flexibility index (Phi) is 3.63. The summed E-state index contributed by atoms with van der Waals surface area (Å²) >= 11 is 0. The maximum Gasteiger partial charge on any atom is 0.306 e. The van der Waals surface area contributed by atoms with Crippen LogP contribution in [0.15, 0.2) is 48.7 Å². The number of fused-ring (bicyclic) bond motifs is 1. The highest BCUT2D eigenvalue weighted by Crippen LogP contribution is 2.22. The van der Waals surface area contributed by atoms with Gasteiger partial charge in [-0.1, -0.05) is 12.1 Å². The molecule has 0 fully saturated rings. The van der Waals surface area contributed by atoms with Crippen LogP contribution in [0.3, 0.4) is 0 Å². The van der Waals surface area contributed by atoms with Crippen LogP contribution >= 0.6 is 0 Å². The molecule has 3 rings (SSSR count). The molecule has 114 valence electrons. The molecule has 3 aromatic rings. The van der Waals surface area contributed by atoms with Crippen LogP contribution in [0.1, 0.15) is 10.5 Å². The molecule has 0 spiro atoms. The zero-order valence-corrected chi connectivity index (χ0v) is 11.6. The lowest BCUT2D eigenvalue weighted by Crippen LogP contribution is -2.14. The van der Waals surface area contributed by atoms with Crippen molar-refractivity contribution in [2.45, 2.75) is 0 Å². The summed E-state index contributed by atoms with van der Waals surface area (Å²) < 4.78 is 13.3.